The van der Waals surface area contributed by atoms with Gasteiger partial charge in [-0.3, -0.25) is 0 Å². The molecule has 0 spiro atoms. The van der Waals surface area contributed by atoms with Crippen molar-refractivity contribution in [2.75, 3.05) is 6.54 Å². The number of aliphatic hydroxyl groups is 1. The molecule has 0 bridgehead atoms. The summed E-state index contributed by atoms with van der Waals surface area (Å²) >= 11 is 6.07. The van der Waals surface area contributed by atoms with Crippen LogP contribution in [0.15, 0.2) is 28.8 Å². The Morgan fingerprint density at radius 2 is 2.22 bits per heavy atom. The van der Waals surface area contributed by atoms with Gasteiger partial charge in [0.25, 0.3) is 0 Å². The van der Waals surface area contributed by atoms with Crippen molar-refractivity contribution in [1.82, 2.24) is 15.5 Å². The van der Waals surface area contributed by atoms with Gasteiger partial charge in [0.15, 0.2) is 0 Å². The molecule has 2 atom stereocenters. The predicted molar refractivity (Wildman–Crippen MR) is 66.1 cm³/mol. The summed E-state index contributed by atoms with van der Waals surface area (Å²) in [5.74, 6) is 0.959. The molecule has 5 nitrogen and oxygen atoms in total. The van der Waals surface area contributed by atoms with Gasteiger partial charge < -0.3 is 14.9 Å². The molecule has 0 saturated carbocycles. The second kappa shape index (κ2) is 4.68. The third-order valence-electron chi connectivity index (χ3n) is 2.96. The molecule has 1 aromatic heterocycles. The Kier molecular flexibility index (Phi) is 3.03. The average Bonchev–Trinajstić information content (AvgIpc) is 2.98. The number of halogens is 1. The molecule has 1 aromatic carbocycles. The van der Waals surface area contributed by atoms with Gasteiger partial charge in [0, 0.05) is 12.1 Å². The molecular weight excluding hydrogens is 254 g/mol. The van der Waals surface area contributed by atoms with Crippen molar-refractivity contribution in [3.8, 4) is 11.4 Å². The first-order chi connectivity index (χ1) is 8.74. The largest absolute Gasteiger partial charge is 0.392 e. The van der Waals surface area contributed by atoms with Crippen LogP contribution in [0.1, 0.15) is 18.4 Å². The minimum absolute atomic E-state index is 0.0799. The fourth-order valence-corrected chi connectivity index (χ4v) is 2.25. The monoisotopic (exact) mass is 265 g/mol. The van der Waals surface area contributed by atoms with Crippen LogP contribution in [0, 0.1) is 0 Å². The lowest BCUT2D eigenvalue weighted by Crippen LogP contribution is -2.15. The van der Waals surface area contributed by atoms with Gasteiger partial charge in [-0.25, -0.2) is 0 Å². The summed E-state index contributed by atoms with van der Waals surface area (Å²) in [6.07, 6.45) is 0.232. The lowest BCUT2D eigenvalue weighted by Gasteiger charge is -2.01. The minimum Gasteiger partial charge on any atom is -0.392 e. The maximum absolute atomic E-state index is 9.46. The maximum Gasteiger partial charge on any atom is 0.244 e. The highest BCUT2D eigenvalue weighted by Crippen LogP contribution is 2.28. The summed E-state index contributed by atoms with van der Waals surface area (Å²) in [6.45, 7) is 0.550. The van der Waals surface area contributed by atoms with E-state index >= 15 is 0 Å². The molecule has 0 amide bonds. The lowest BCUT2D eigenvalue weighted by molar-refractivity contribution is 0.191. The van der Waals surface area contributed by atoms with Crippen LogP contribution < -0.4 is 5.32 Å². The molecule has 0 aliphatic carbocycles. The molecule has 2 heterocycles. The molecular formula is C12H12ClN3O2. The summed E-state index contributed by atoms with van der Waals surface area (Å²) in [4.78, 5) is 4.32. The predicted octanol–water partition coefficient (Wildman–Crippen LogP) is 1.79. The molecule has 6 heteroatoms. The van der Waals surface area contributed by atoms with E-state index in [2.05, 4.69) is 15.5 Å². The Morgan fingerprint density at radius 3 is 2.94 bits per heavy atom. The van der Waals surface area contributed by atoms with E-state index in [1.165, 1.54) is 0 Å². The molecule has 3 rings (SSSR count). The topological polar surface area (TPSA) is 71.2 Å². The smallest absolute Gasteiger partial charge is 0.244 e. The van der Waals surface area contributed by atoms with Crippen molar-refractivity contribution in [3.63, 3.8) is 0 Å². The van der Waals surface area contributed by atoms with E-state index in [-0.39, 0.29) is 12.1 Å². The normalized spacial score (nSPS) is 23.4. The van der Waals surface area contributed by atoms with Crippen molar-refractivity contribution in [1.29, 1.82) is 0 Å². The Bertz CT molecular complexity index is 558. The van der Waals surface area contributed by atoms with E-state index in [0.717, 1.165) is 5.56 Å². The van der Waals surface area contributed by atoms with Crippen molar-refractivity contribution >= 4 is 11.6 Å². The Hall–Kier alpha value is -1.43. The highest BCUT2D eigenvalue weighted by Gasteiger charge is 2.28. The van der Waals surface area contributed by atoms with E-state index in [4.69, 9.17) is 16.1 Å². The average molecular weight is 266 g/mol. The summed E-state index contributed by atoms with van der Waals surface area (Å²) in [5.41, 5.74) is 0.743. The number of nitrogens with zero attached hydrogens (tertiary/aromatic N) is 2. The molecule has 2 N–H and O–H groups in total. The van der Waals surface area contributed by atoms with Crippen molar-refractivity contribution in [3.05, 3.63) is 35.2 Å². The number of hydrogen-bond donors (Lipinski definition) is 2. The number of hydrogen-bond acceptors (Lipinski definition) is 5. The van der Waals surface area contributed by atoms with Crippen molar-refractivity contribution in [2.24, 2.45) is 0 Å². The number of aliphatic hydroxyl groups excluding tert-OH is 1. The molecule has 2 aromatic rings. The Labute approximate surface area is 109 Å². The van der Waals surface area contributed by atoms with E-state index < -0.39 is 0 Å². The van der Waals surface area contributed by atoms with E-state index in [9.17, 15) is 5.11 Å². The van der Waals surface area contributed by atoms with E-state index in [1.807, 2.05) is 18.2 Å². The first kappa shape index (κ1) is 11.6. The van der Waals surface area contributed by atoms with Crippen LogP contribution in [0.2, 0.25) is 5.02 Å². The van der Waals surface area contributed by atoms with E-state index in [1.54, 1.807) is 6.07 Å². The van der Waals surface area contributed by atoms with Gasteiger partial charge in [-0.1, -0.05) is 28.9 Å². The highest BCUT2D eigenvalue weighted by molar-refractivity contribution is 6.33. The first-order valence-electron chi connectivity index (χ1n) is 5.74. The molecule has 1 aliphatic heterocycles. The van der Waals surface area contributed by atoms with Gasteiger partial charge in [0.05, 0.1) is 17.2 Å². The van der Waals surface area contributed by atoms with Crippen LogP contribution in [0.25, 0.3) is 11.4 Å². The Balaban J connectivity index is 1.88. The minimum atomic E-state index is -0.356. The number of β-amino-alcohol motifs (C(OH)–C–C–N with tert-alkyl or cyclic N) is 1. The molecule has 0 radical (unpaired) electrons. The second-order valence-corrected chi connectivity index (χ2v) is 4.69. The summed E-state index contributed by atoms with van der Waals surface area (Å²) in [6, 6.07) is 7.26. The van der Waals surface area contributed by atoms with Crippen LogP contribution in [-0.4, -0.2) is 27.9 Å². The molecule has 94 valence electrons. The molecule has 1 fully saturated rings. The van der Waals surface area contributed by atoms with Crippen LogP contribution in [-0.2, 0) is 0 Å². The third kappa shape index (κ3) is 2.12. The zero-order valence-corrected chi connectivity index (χ0v) is 10.3. The van der Waals surface area contributed by atoms with E-state index in [0.29, 0.717) is 29.7 Å². The SMILES string of the molecule is O[C@@H]1CN[C@@H](c2nc(-c3ccccc3Cl)no2)C1. The maximum atomic E-state index is 9.46. The standard InChI is InChI=1S/C12H12ClN3O2/c13-9-4-2-1-3-8(9)11-15-12(18-16-11)10-5-7(17)6-14-10/h1-4,7,10,14,17H,5-6H2/t7-,10+/m0/s1. The fraction of sp³-hybridized carbons (Fsp3) is 0.333. The number of benzene rings is 1. The van der Waals surface area contributed by atoms with Crippen LogP contribution in [0.3, 0.4) is 0 Å². The van der Waals surface area contributed by atoms with Gasteiger partial charge in [0.1, 0.15) is 0 Å². The van der Waals surface area contributed by atoms with Gasteiger partial charge >= 0.3 is 0 Å². The third-order valence-corrected chi connectivity index (χ3v) is 3.29. The van der Waals surface area contributed by atoms with Gasteiger partial charge in [-0.2, -0.15) is 4.98 Å². The lowest BCUT2D eigenvalue weighted by atomic mass is 10.2. The zero-order chi connectivity index (χ0) is 12.5. The highest BCUT2D eigenvalue weighted by atomic mass is 35.5. The number of rotatable bonds is 2. The summed E-state index contributed by atoms with van der Waals surface area (Å²) in [5, 5.41) is 17.1. The van der Waals surface area contributed by atoms with Crippen LogP contribution in [0.4, 0.5) is 0 Å². The molecule has 1 aliphatic rings. The van der Waals surface area contributed by atoms with Gasteiger partial charge in [-0.05, 0) is 18.6 Å². The molecule has 18 heavy (non-hydrogen) atoms. The summed E-state index contributed by atoms with van der Waals surface area (Å²) < 4.78 is 5.21. The van der Waals surface area contributed by atoms with Gasteiger partial charge in [-0.15, -0.1) is 0 Å². The fourth-order valence-electron chi connectivity index (χ4n) is 2.03. The molecule has 0 unspecified atom stereocenters. The second-order valence-electron chi connectivity index (χ2n) is 4.29. The quantitative estimate of drug-likeness (QED) is 0.866. The van der Waals surface area contributed by atoms with Crippen molar-refractivity contribution in [2.45, 2.75) is 18.6 Å². The zero-order valence-electron chi connectivity index (χ0n) is 9.51. The van der Waals surface area contributed by atoms with Crippen LogP contribution in [0.5, 0.6) is 0 Å². The van der Waals surface area contributed by atoms with Crippen molar-refractivity contribution < 1.29 is 9.63 Å². The van der Waals surface area contributed by atoms with Gasteiger partial charge in [0.2, 0.25) is 11.7 Å². The Morgan fingerprint density at radius 1 is 1.39 bits per heavy atom. The van der Waals surface area contributed by atoms with Crippen LogP contribution >= 0.6 is 11.6 Å². The number of aromatic nitrogens is 2. The summed E-state index contributed by atoms with van der Waals surface area (Å²) in [7, 11) is 0. The molecule has 1 saturated heterocycles. The number of nitrogens with one attached hydrogen (secondary N) is 1. The first-order valence-corrected chi connectivity index (χ1v) is 6.12.